The maximum atomic E-state index is 10.6. The minimum Gasteiger partial charge on any atom is -0.356 e. The lowest BCUT2D eigenvalue weighted by Gasteiger charge is -2.03. The molecule has 1 N–H and O–H groups in total. The number of hydrogen-bond acceptors (Lipinski definition) is 3. The van der Waals surface area contributed by atoms with Crippen molar-refractivity contribution in [2.45, 2.75) is 27.2 Å². The van der Waals surface area contributed by atoms with Crippen LogP contribution in [-0.4, -0.2) is 31.4 Å². The highest BCUT2D eigenvalue weighted by Crippen LogP contribution is 2.03. The number of nitrogens with one attached hydrogen (secondary N) is 1. The zero-order valence-electron chi connectivity index (χ0n) is 9.17. The molecule has 0 saturated heterocycles. The number of amides is 1. The van der Waals surface area contributed by atoms with Gasteiger partial charge in [0.05, 0.1) is 0 Å². The second kappa shape index (κ2) is 9.30. The van der Waals surface area contributed by atoms with Gasteiger partial charge in [-0.1, -0.05) is 0 Å². The summed E-state index contributed by atoms with van der Waals surface area (Å²) >= 11 is -0.391. The van der Waals surface area contributed by atoms with Gasteiger partial charge in [-0.05, 0) is 13.8 Å². The molecule has 0 spiro atoms. The SMILES string of the molecule is CCO[S+](CCCNC(C)=O)OCC. The van der Waals surface area contributed by atoms with E-state index in [0.717, 1.165) is 12.2 Å². The van der Waals surface area contributed by atoms with Crippen LogP contribution in [0.3, 0.4) is 0 Å². The molecule has 0 bridgehead atoms. The van der Waals surface area contributed by atoms with E-state index in [1.165, 1.54) is 6.92 Å². The van der Waals surface area contributed by atoms with Gasteiger partial charge in [-0.2, -0.15) is 0 Å². The third-order valence-electron chi connectivity index (χ3n) is 1.36. The Labute approximate surface area is 89.1 Å². The van der Waals surface area contributed by atoms with Gasteiger partial charge in [0.15, 0.2) is 5.75 Å². The van der Waals surface area contributed by atoms with Crippen LogP contribution in [0.5, 0.6) is 0 Å². The Hall–Kier alpha value is -0.260. The van der Waals surface area contributed by atoms with Crippen molar-refractivity contribution in [1.29, 1.82) is 0 Å². The minimum atomic E-state index is -0.391. The van der Waals surface area contributed by atoms with Crippen molar-refractivity contribution in [2.24, 2.45) is 0 Å². The van der Waals surface area contributed by atoms with Crippen LogP contribution in [0.15, 0.2) is 0 Å². The summed E-state index contributed by atoms with van der Waals surface area (Å²) in [5.74, 6) is 0.861. The lowest BCUT2D eigenvalue weighted by atomic mass is 10.5. The molecule has 0 aliphatic carbocycles. The van der Waals surface area contributed by atoms with Crippen LogP contribution in [0.4, 0.5) is 0 Å². The lowest BCUT2D eigenvalue weighted by molar-refractivity contribution is -0.118. The molecule has 0 fully saturated rings. The molecule has 0 aliphatic heterocycles. The first-order valence-electron chi connectivity index (χ1n) is 4.92. The average molecular weight is 222 g/mol. The van der Waals surface area contributed by atoms with Gasteiger partial charge in [-0.25, -0.2) is 0 Å². The van der Waals surface area contributed by atoms with E-state index in [9.17, 15) is 4.79 Å². The van der Waals surface area contributed by atoms with E-state index in [1.807, 2.05) is 13.8 Å². The summed E-state index contributed by atoms with van der Waals surface area (Å²) in [7, 11) is 0. The molecule has 0 aromatic carbocycles. The second-order valence-electron chi connectivity index (χ2n) is 2.66. The minimum absolute atomic E-state index is 0.0118. The van der Waals surface area contributed by atoms with Crippen molar-refractivity contribution >= 4 is 17.4 Å². The van der Waals surface area contributed by atoms with Gasteiger partial charge in [0.1, 0.15) is 13.2 Å². The van der Waals surface area contributed by atoms with Gasteiger partial charge in [0, 0.05) is 19.9 Å². The van der Waals surface area contributed by atoms with Crippen LogP contribution in [0.1, 0.15) is 27.2 Å². The molecule has 0 aliphatic rings. The predicted molar refractivity (Wildman–Crippen MR) is 58.8 cm³/mol. The number of carbonyl (C=O) groups is 1. The predicted octanol–water partition coefficient (Wildman–Crippen LogP) is 1.03. The highest BCUT2D eigenvalue weighted by molar-refractivity contribution is 7.87. The molecule has 0 radical (unpaired) electrons. The Morgan fingerprint density at radius 3 is 2.29 bits per heavy atom. The monoisotopic (exact) mass is 222 g/mol. The van der Waals surface area contributed by atoms with Gasteiger partial charge in [-0.15, -0.1) is 8.37 Å². The summed E-state index contributed by atoms with van der Waals surface area (Å²) in [4.78, 5) is 10.6. The van der Waals surface area contributed by atoms with Crippen molar-refractivity contribution in [1.82, 2.24) is 5.32 Å². The molecular formula is C9H20NO3S+. The Balaban J connectivity index is 3.44. The van der Waals surface area contributed by atoms with Crippen LogP contribution in [0.2, 0.25) is 0 Å². The van der Waals surface area contributed by atoms with Crippen molar-refractivity contribution in [3.8, 4) is 0 Å². The molecule has 84 valence electrons. The topological polar surface area (TPSA) is 47.6 Å². The normalized spacial score (nSPS) is 10.6. The first-order valence-corrected chi connectivity index (χ1v) is 6.17. The van der Waals surface area contributed by atoms with Gasteiger partial charge in [-0.3, -0.25) is 4.79 Å². The number of carbonyl (C=O) groups excluding carboxylic acids is 1. The molecule has 14 heavy (non-hydrogen) atoms. The lowest BCUT2D eigenvalue weighted by Crippen LogP contribution is -2.24. The maximum Gasteiger partial charge on any atom is 0.314 e. The van der Waals surface area contributed by atoms with Gasteiger partial charge in [0.2, 0.25) is 5.91 Å². The van der Waals surface area contributed by atoms with Crippen molar-refractivity contribution in [3.05, 3.63) is 0 Å². The number of hydrogen-bond donors (Lipinski definition) is 1. The van der Waals surface area contributed by atoms with Crippen molar-refractivity contribution in [2.75, 3.05) is 25.5 Å². The third-order valence-corrected chi connectivity index (χ3v) is 2.98. The van der Waals surface area contributed by atoms with E-state index in [-0.39, 0.29) is 5.91 Å². The third kappa shape index (κ3) is 8.34. The van der Waals surface area contributed by atoms with Crippen molar-refractivity contribution in [3.63, 3.8) is 0 Å². The zero-order chi connectivity index (χ0) is 10.8. The second-order valence-corrected chi connectivity index (χ2v) is 4.14. The summed E-state index contributed by atoms with van der Waals surface area (Å²) in [6.07, 6.45) is 0.892. The summed E-state index contributed by atoms with van der Waals surface area (Å²) in [5.41, 5.74) is 0. The van der Waals surface area contributed by atoms with Gasteiger partial charge < -0.3 is 5.32 Å². The molecular weight excluding hydrogens is 202 g/mol. The molecule has 0 saturated carbocycles. The van der Waals surface area contributed by atoms with Crippen LogP contribution in [0, 0.1) is 0 Å². The van der Waals surface area contributed by atoms with E-state index in [4.69, 9.17) is 8.37 Å². The van der Waals surface area contributed by atoms with E-state index in [1.54, 1.807) is 0 Å². The molecule has 5 heteroatoms. The molecule has 1 amide bonds. The summed E-state index contributed by atoms with van der Waals surface area (Å²) in [6, 6.07) is 0. The first kappa shape index (κ1) is 13.7. The highest BCUT2D eigenvalue weighted by Gasteiger charge is 2.20. The van der Waals surface area contributed by atoms with E-state index in [0.29, 0.717) is 19.8 Å². The standard InChI is InChI=1S/C9H19NO3S/c1-4-12-14(13-5-2)8-6-7-10-9(3)11/h4-8H2,1-3H3/p+1. The maximum absolute atomic E-state index is 10.6. The summed E-state index contributed by atoms with van der Waals surface area (Å²) in [5, 5.41) is 2.74. The first-order chi connectivity index (χ1) is 6.70. The van der Waals surface area contributed by atoms with Gasteiger partial charge >= 0.3 is 11.5 Å². The fourth-order valence-electron chi connectivity index (χ4n) is 0.869. The summed E-state index contributed by atoms with van der Waals surface area (Å²) < 4.78 is 10.8. The Kier molecular flexibility index (Phi) is 9.13. The molecule has 0 aromatic heterocycles. The Morgan fingerprint density at radius 1 is 1.29 bits per heavy atom. The summed E-state index contributed by atoms with van der Waals surface area (Å²) in [6.45, 7) is 7.45. The van der Waals surface area contributed by atoms with Crippen LogP contribution >= 0.6 is 0 Å². The quantitative estimate of drug-likeness (QED) is 0.493. The Bertz CT molecular complexity index is 149. The largest absolute Gasteiger partial charge is 0.356 e. The average Bonchev–Trinajstić information content (AvgIpc) is 2.12. The van der Waals surface area contributed by atoms with E-state index >= 15 is 0 Å². The zero-order valence-corrected chi connectivity index (χ0v) is 9.99. The molecule has 4 nitrogen and oxygen atoms in total. The van der Waals surface area contributed by atoms with Gasteiger partial charge in [0.25, 0.3) is 0 Å². The fourth-order valence-corrected chi connectivity index (χ4v) is 2.08. The Morgan fingerprint density at radius 2 is 1.86 bits per heavy atom. The highest BCUT2D eigenvalue weighted by atomic mass is 32.2. The van der Waals surface area contributed by atoms with Crippen LogP contribution < -0.4 is 5.32 Å². The van der Waals surface area contributed by atoms with Crippen LogP contribution in [-0.2, 0) is 24.6 Å². The molecule has 0 rings (SSSR count). The smallest absolute Gasteiger partial charge is 0.314 e. The molecule has 0 atom stereocenters. The van der Waals surface area contributed by atoms with Crippen molar-refractivity contribution < 1.29 is 13.2 Å². The molecule has 0 heterocycles. The number of rotatable bonds is 8. The van der Waals surface area contributed by atoms with E-state index < -0.39 is 11.5 Å². The van der Waals surface area contributed by atoms with E-state index in [2.05, 4.69) is 5.32 Å². The fraction of sp³-hybridized carbons (Fsp3) is 0.889. The molecule has 0 aromatic rings. The van der Waals surface area contributed by atoms with Crippen LogP contribution in [0.25, 0.3) is 0 Å². The molecule has 0 unspecified atom stereocenters.